The highest BCUT2D eigenvalue weighted by molar-refractivity contribution is 9.10. The summed E-state index contributed by atoms with van der Waals surface area (Å²) in [6.07, 6.45) is -2.12. The molecule has 1 amide bonds. The van der Waals surface area contributed by atoms with Crippen molar-refractivity contribution >= 4 is 39.3 Å². The number of aromatic nitrogens is 2. The van der Waals surface area contributed by atoms with Crippen LogP contribution in [-0.2, 0) is 17.9 Å². The first kappa shape index (κ1) is 24.2. The maximum absolute atomic E-state index is 12.9. The van der Waals surface area contributed by atoms with Crippen molar-refractivity contribution in [3.8, 4) is 0 Å². The maximum Gasteiger partial charge on any atom is 0.330 e. The Bertz CT molecular complexity index is 1090. The summed E-state index contributed by atoms with van der Waals surface area (Å²) in [5.74, 6) is -4.45. The van der Waals surface area contributed by atoms with Crippen LogP contribution in [0.1, 0.15) is 21.5 Å². The molecular weight excluding hydrogens is 518 g/mol. The largest absolute Gasteiger partial charge is 0.370 e. The minimum absolute atomic E-state index is 0.222. The van der Waals surface area contributed by atoms with Gasteiger partial charge < -0.3 is 10.1 Å². The summed E-state index contributed by atoms with van der Waals surface area (Å²) >= 11 is 9.51. The summed E-state index contributed by atoms with van der Waals surface area (Å²) in [6.45, 7) is -1.37. The lowest BCUT2D eigenvalue weighted by Gasteiger charge is -2.15. The highest BCUT2D eigenvalue weighted by Crippen LogP contribution is 2.25. The monoisotopic (exact) mass is 533 g/mol. The number of carbonyl (C=O) groups excluding carboxylic acids is 1. The smallest absolute Gasteiger partial charge is 0.330 e. The Morgan fingerprint density at radius 3 is 2.69 bits per heavy atom. The van der Waals surface area contributed by atoms with Gasteiger partial charge >= 0.3 is 12.3 Å². The highest BCUT2D eigenvalue weighted by Gasteiger charge is 2.40. The molecule has 0 unspecified atom stereocenters. The molecule has 32 heavy (non-hydrogen) atoms. The van der Waals surface area contributed by atoms with E-state index in [1.165, 1.54) is 24.3 Å². The normalized spacial score (nSPS) is 11.7. The fraction of sp³-hybridized carbons (Fsp3) is 0.238. The van der Waals surface area contributed by atoms with Gasteiger partial charge in [-0.15, -0.1) is 0 Å². The molecule has 0 fully saturated rings. The Morgan fingerprint density at radius 2 is 1.97 bits per heavy atom. The predicted octanol–water partition coefficient (Wildman–Crippen LogP) is 6.02. The minimum Gasteiger partial charge on any atom is -0.370 e. The second-order valence-corrected chi connectivity index (χ2v) is 8.09. The lowest BCUT2D eigenvalue weighted by molar-refractivity contribution is -0.168. The molecule has 1 aromatic heterocycles. The van der Waals surface area contributed by atoms with Crippen LogP contribution < -0.4 is 5.32 Å². The predicted molar refractivity (Wildman–Crippen MR) is 115 cm³/mol. The molecule has 2 aromatic carbocycles. The third kappa shape index (κ3) is 6.30. The minimum atomic E-state index is -4.23. The molecule has 0 aliphatic heterocycles. The van der Waals surface area contributed by atoms with Crippen LogP contribution in [0.4, 0.5) is 23.4 Å². The summed E-state index contributed by atoms with van der Waals surface area (Å²) in [4.78, 5) is 12.6. The molecule has 0 atom stereocenters. The fourth-order valence-electron chi connectivity index (χ4n) is 2.71. The number of amides is 1. The Kier molecular flexibility index (Phi) is 7.91. The fourth-order valence-corrected chi connectivity index (χ4v) is 3.32. The van der Waals surface area contributed by atoms with E-state index < -0.39 is 24.9 Å². The second-order valence-electron chi connectivity index (χ2n) is 6.82. The van der Waals surface area contributed by atoms with Gasteiger partial charge in [0.2, 0.25) is 0 Å². The van der Waals surface area contributed by atoms with E-state index in [0.717, 1.165) is 5.56 Å². The Hall–Kier alpha value is -2.43. The summed E-state index contributed by atoms with van der Waals surface area (Å²) in [7, 11) is 0. The van der Waals surface area contributed by atoms with Crippen molar-refractivity contribution in [2.45, 2.75) is 25.5 Å². The van der Waals surface area contributed by atoms with Gasteiger partial charge in [-0.05, 0) is 45.3 Å². The van der Waals surface area contributed by atoms with Crippen molar-refractivity contribution in [3.63, 3.8) is 0 Å². The van der Waals surface area contributed by atoms with Crippen LogP contribution in [0.5, 0.6) is 0 Å². The zero-order valence-corrected chi connectivity index (χ0v) is 18.7. The van der Waals surface area contributed by atoms with E-state index >= 15 is 0 Å². The van der Waals surface area contributed by atoms with E-state index in [2.05, 4.69) is 26.3 Å². The highest BCUT2D eigenvalue weighted by atomic mass is 79.9. The van der Waals surface area contributed by atoms with Crippen LogP contribution in [0.2, 0.25) is 5.02 Å². The zero-order valence-electron chi connectivity index (χ0n) is 16.4. The summed E-state index contributed by atoms with van der Waals surface area (Å²) in [5, 5.41) is 7.58. The number of hydrogen-bond donors (Lipinski definition) is 1. The van der Waals surface area contributed by atoms with E-state index in [1.807, 2.05) is 18.2 Å². The van der Waals surface area contributed by atoms with Crippen molar-refractivity contribution in [3.05, 3.63) is 80.9 Å². The first-order chi connectivity index (χ1) is 15.2. The molecule has 0 spiro atoms. The molecule has 5 nitrogen and oxygen atoms in total. The van der Waals surface area contributed by atoms with Crippen molar-refractivity contribution in [1.29, 1.82) is 0 Å². The average Bonchev–Trinajstić information content (AvgIpc) is 3.08. The Morgan fingerprint density at radius 1 is 1.22 bits per heavy atom. The topological polar surface area (TPSA) is 56.2 Å². The van der Waals surface area contributed by atoms with E-state index in [4.69, 9.17) is 16.3 Å². The van der Waals surface area contributed by atoms with Crippen LogP contribution in [0, 0.1) is 0 Å². The second kappa shape index (κ2) is 10.5. The number of alkyl halides is 4. The molecule has 3 aromatic rings. The summed E-state index contributed by atoms with van der Waals surface area (Å²) in [5.41, 5.74) is 1.46. The van der Waals surface area contributed by atoms with E-state index in [-0.39, 0.29) is 18.0 Å². The van der Waals surface area contributed by atoms with Crippen LogP contribution in [0.3, 0.4) is 0 Å². The number of rotatable bonds is 9. The van der Waals surface area contributed by atoms with Crippen LogP contribution >= 0.6 is 27.5 Å². The molecule has 0 radical (unpaired) electrons. The quantitative estimate of drug-likeness (QED) is 0.342. The summed E-state index contributed by atoms with van der Waals surface area (Å²) in [6, 6.07) is 13.3. The summed E-state index contributed by atoms with van der Waals surface area (Å²) < 4.78 is 57.1. The van der Waals surface area contributed by atoms with Crippen LogP contribution in [-0.4, -0.2) is 34.6 Å². The molecule has 0 aliphatic rings. The molecule has 3 rings (SSSR count). The number of carbonyl (C=O) groups is 1. The molecule has 0 bridgehead atoms. The molecule has 1 N–H and O–H groups in total. The standard InChI is InChI=1S/C21H17BrClF4N3O2/c22-16-10-30(9-15-5-1-2-7-17(15)23)29-18(16)28-19(31)14-6-3-4-13(8-14)11-32-12-21(26,27)20(24)25/h1-8,10,20H,9,11-12H2,(H,28,29,31). The van der Waals surface area contributed by atoms with Gasteiger partial charge in [0.15, 0.2) is 5.82 Å². The van der Waals surface area contributed by atoms with Gasteiger partial charge in [0.05, 0.1) is 17.6 Å². The van der Waals surface area contributed by atoms with Crippen molar-refractivity contribution < 1.29 is 27.1 Å². The van der Waals surface area contributed by atoms with Gasteiger partial charge in [-0.1, -0.05) is 41.9 Å². The van der Waals surface area contributed by atoms with Crippen LogP contribution in [0.25, 0.3) is 0 Å². The number of benzene rings is 2. The SMILES string of the molecule is O=C(Nc1nn(Cc2ccccc2Cl)cc1Br)c1cccc(COCC(F)(F)C(F)F)c1. The lowest BCUT2D eigenvalue weighted by atomic mass is 10.1. The molecular formula is C21H17BrClF4N3O2. The third-order valence-corrected chi connectivity index (χ3v) is 5.26. The van der Waals surface area contributed by atoms with E-state index in [1.54, 1.807) is 16.9 Å². The number of hydrogen-bond acceptors (Lipinski definition) is 3. The Labute approximate surface area is 194 Å². The molecule has 11 heteroatoms. The van der Waals surface area contributed by atoms with E-state index in [0.29, 0.717) is 21.6 Å². The van der Waals surface area contributed by atoms with Crippen molar-refractivity contribution in [1.82, 2.24) is 9.78 Å². The van der Waals surface area contributed by atoms with Gasteiger partial charge in [0, 0.05) is 16.8 Å². The van der Waals surface area contributed by atoms with Gasteiger partial charge in [-0.3, -0.25) is 9.48 Å². The number of halogens is 6. The van der Waals surface area contributed by atoms with Crippen molar-refractivity contribution in [2.75, 3.05) is 11.9 Å². The molecule has 170 valence electrons. The van der Waals surface area contributed by atoms with Gasteiger partial charge in [-0.25, -0.2) is 8.78 Å². The molecule has 1 heterocycles. The van der Waals surface area contributed by atoms with Gasteiger partial charge in [-0.2, -0.15) is 13.9 Å². The first-order valence-corrected chi connectivity index (χ1v) is 10.4. The van der Waals surface area contributed by atoms with Crippen molar-refractivity contribution in [2.24, 2.45) is 0 Å². The number of ether oxygens (including phenoxy) is 1. The average molecular weight is 535 g/mol. The molecule has 0 saturated carbocycles. The maximum atomic E-state index is 12.9. The third-order valence-electron chi connectivity index (χ3n) is 4.31. The van der Waals surface area contributed by atoms with Gasteiger partial charge in [0.25, 0.3) is 5.91 Å². The Balaban J connectivity index is 1.63. The lowest BCUT2D eigenvalue weighted by Crippen LogP contribution is -2.32. The van der Waals surface area contributed by atoms with Gasteiger partial charge in [0.1, 0.15) is 6.61 Å². The van der Waals surface area contributed by atoms with E-state index in [9.17, 15) is 22.4 Å². The number of nitrogens with zero attached hydrogens (tertiary/aromatic N) is 2. The van der Waals surface area contributed by atoms with Crippen LogP contribution in [0.15, 0.2) is 59.2 Å². The number of anilines is 1. The molecule has 0 aliphatic carbocycles. The molecule has 0 saturated heterocycles. The number of nitrogens with one attached hydrogen (secondary N) is 1. The zero-order chi connectivity index (χ0) is 23.3. The first-order valence-electron chi connectivity index (χ1n) is 9.26.